The van der Waals surface area contributed by atoms with Crippen molar-refractivity contribution in [1.29, 1.82) is 0 Å². The molecule has 0 aromatic heterocycles. The lowest BCUT2D eigenvalue weighted by atomic mass is 9.87. The minimum atomic E-state index is -0.718. The van der Waals surface area contributed by atoms with E-state index in [2.05, 4.69) is 22.6 Å². The molecule has 1 unspecified atom stereocenters. The normalized spacial score (nSPS) is 19.6. The molecule has 162 valence electrons. The number of hydrogen-bond acceptors (Lipinski definition) is 3. The minimum absolute atomic E-state index is 0.0336. The molecule has 1 saturated heterocycles. The Balaban J connectivity index is 1.57. The SMILES string of the molecule is O=C1CC(N(CCc2ccccc2)C(=O)C2CCCCC2)C(=O)N1c1ccc(I)cc1. The van der Waals surface area contributed by atoms with E-state index in [0.29, 0.717) is 18.7 Å². The van der Waals surface area contributed by atoms with Gasteiger partial charge in [0.15, 0.2) is 0 Å². The van der Waals surface area contributed by atoms with E-state index < -0.39 is 6.04 Å². The van der Waals surface area contributed by atoms with Crippen molar-refractivity contribution in [2.45, 2.75) is 51.0 Å². The summed E-state index contributed by atoms with van der Waals surface area (Å²) in [6, 6.07) is 16.6. The number of hydrogen-bond donors (Lipinski definition) is 0. The monoisotopic (exact) mass is 530 g/mol. The van der Waals surface area contributed by atoms with Crippen LogP contribution in [0.1, 0.15) is 44.1 Å². The zero-order valence-corrected chi connectivity index (χ0v) is 19.7. The van der Waals surface area contributed by atoms with E-state index in [0.717, 1.165) is 41.2 Å². The van der Waals surface area contributed by atoms with Gasteiger partial charge in [-0.25, -0.2) is 4.90 Å². The Morgan fingerprint density at radius 1 is 0.968 bits per heavy atom. The third kappa shape index (κ3) is 5.00. The Labute approximate surface area is 196 Å². The molecule has 31 heavy (non-hydrogen) atoms. The summed E-state index contributed by atoms with van der Waals surface area (Å²) in [4.78, 5) is 42.6. The number of amides is 3. The molecule has 1 heterocycles. The zero-order chi connectivity index (χ0) is 21.8. The minimum Gasteiger partial charge on any atom is -0.330 e. The number of nitrogens with zero attached hydrogens (tertiary/aromatic N) is 2. The van der Waals surface area contributed by atoms with Gasteiger partial charge in [-0.15, -0.1) is 0 Å². The Hall–Kier alpha value is -2.22. The molecule has 2 aliphatic rings. The van der Waals surface area contributed by atoms with Crippen molar-refractivity contribution in [3.63, 3.8) is 0 Å². The average molecular weight is 530 g/mol. The number of rotatable bonds is 6. The van der Waals surface area contributed by atoms with Gasteiger partial charge >= 0.3 is 0 Å². The first-order chi connectivity index (χ1) is 15.0. The molecule has 1 saturated carbocycles. The molecule has 0 spiro atoms. The largest absolute Gasteiger partial charge is 0.330 e. The highest BCUT2D eigenvalue weighted by atomic mass is 127. The van der Waals surface area contributed by atoms with Crippen molar-refractivity contribution in [2.75, 3.05) is 11.4 Å². The number of benzene rings is 2. The van der Waals surface area contributed by atoms with Gasteiger partial charge in [0, 0.05) is 16.0 Å². The van der Waals surface area contributed by atoms with E-state index >= 15 is 0 Å². The predicted molar refractivity (Wildman–Crippen MR) is 128 cm³/mol. The lowest BCUT2D eigenvalue weighted by molar-refractivity contribution is -0.142. The van der Waals surface area contributed by atoms with Crippen LogP contribution in [0.5, 0.6) is 0 Å². The summed E-state index contributed by atoms with van der Waals surface area (Å²) in [5.41, 5.74) is 1.70. The lowest BCUT2D eigenvalue weighted by Gasteiger charge is -2.32. The number of imide groups is 1. The van der Waals surface area contributed by atoms with Crippen LogP contribution in [0.25, 0.3) is 0 Å². The second-order valence-electron chi connectivity index (χ2n) is 8.37. The van der Waals surface area contributed by atoms with Crippen molar-refractivity contribution < 1.29 is 14.4 Å². The van der Waals surface area contributed by atoms with Crippen molar-refractivity contribution in [2.24, 2.45) is 5.92 Å². The molecule has 5 nitrogen and oxygen atoms in total. The number of carbonyl (C=O) groups excluding carboxylic acids is 3. The molecule has 0 bridgehead atoms. The summed E-state index contributed by atoms with van der Waals surface area (Å²) in [6.07, 6.45) is 5.73. The fraction of sp³-hybridized carbons (Fsp3) is 0.400. The van der Waals surface area contributed by atoms with Crippen molar-refractivity contribution in [3.05, 3.63) is 63.7 Å². The molecule has 3 amide bonds. The van der Waals surface area contributed by atoms with Crippen LogP contribution >= 0.6 is 22.6 Å². The van der Waals surface area contributed by atoms with Crippen molar-refractivity contribution in [1.82, 2.24) is 4.90 Å². The van der Waals surface area contributed by atoms with Crippen LogP contribution in [0.4, 0.5) is 5.69 Å². The van der Waals surface area contributed by atoms with Crippen LogP contribution in [0, 0.1) is 9.49 Å². The smallest absolute Gasteiger partial charge is 0.257 e. The first-order valence-electron chi connectivity index (χ1n) is 11.0. The van der Waals surface area contributed by atoms with Crippen molar-refractivity contribution in [3.8, 4) is 0 Å². The molecule has 4 rings (SSSR count). The molecule has 1 aliphatic carbocycles. The maximum Gasteiger partial charge on any atom is 0.257 e. The maximum absolute atomic E-state index is 13.5. The van der Waals surface area contributed by atoms with Gasteiger partial charge in [-0.3, -0.25) is 14.4 Å². The standard InChI is InChI=1S/C25H27IN2O3/c26-20-11-13-21(14-12-20)28-23(29)17-22(25(28)31)27(16-15-18-7-3-1-4-8-18)24(30)19-9-5-2-6-10-19/h1,3-4,7-8,11-14,19,22H,2,5-6,9-10,15-17H2. The summed E-state index contributed by atoms with van der Waals surface area (Å²) in [7, 11) is 0. The second-order valence-corrected chi connectivity index (χ2v) is 9.61. The van der Waals surface area contributed by atoms with E-state index in [9.17, 15) is 14.4 Å². The molecular weight excluding hydrogens is 503 g/mol. The van der Waals surface area contributed by atoms with Gasteiger partial charge in [-0.1, -0.05) is 49.6 Å². The zero-order valence-electron chi connectivity index (χ0n) is 17.5. The Bertz CT molecular complexity index is 939. The maximum atomic E-state index is 13.5. The first kappa shape index (κ1) is 22.0. The molecular formula is C25H27IN2O3. The molecule has 1 atom stereocenters. The Morgan fingerprint density at radius 2 is 1.65 bits per heavy atom. The number of anilines is 1. The number of carbonyl (C=O) groups is 3. The topological polar surface area (TPSA) is 57.7 Å². The van der Waals surface area contributed by atoms with E-state index in [1.165, 1.54) is 4.90 Å². The van der Waals surface area contributed by atoms with Crippen LogP contribution in [-0.4, -0.2) is 35.2 Å². The summed E-state index contributed by atoms with van der Waals surface area (Å²) >= 11 is 2.19. The molecule has 2 aromatic carbocycles. The van der Waals surface area contributed by atoms with Gasteiger partial charge in [0.25, 0.3) is 5.91 Å². The molecule has 6 heteroatoms. The second kappa shape index (κ2) is 9.94. The highest BCUT2D eigenvalue weighted by molar-refractivity contribution is 14.1. The summed E-state index contributed by atoms with van der Waals surface area (Å²) < 4.78 is 1.04. The average Bonchev–Trinajstić information content (AvgIpc) is 3.09. The highest BCUT2D eigenvalue weighted by Gasteiger charge is 2.45. The Morgan fingerprint density at radius 3 is 2.32 bits per heavy atom. The van der Waals surface area contributed by atoms with Gasteiger partial charge in [-0.2, -0.15) is 0 Å². The van der Waals surface area contributed by atoms with Crippen LogP contribution in [0.3, 0.4) is 0 Å². The van der Waals surface area contributed by atoms with E-state index in [1.54, 1.807) is 17.0 Å². The summed E-state index contributed by atoms with van der Waals surface area (Å²) in [5, 5.41) is 0. The highest BCUT2D eigenvalue weighted by Crippen LogP contribution is 2.30. The lowest BCUT2D eigenvalue weighted by Crippen LogP contribution is -2.48. The molecule has 1 aliphatic heterocycles. The fourth-order valence-corrected chi connectivity index (χ4v) is 4.98. The van der Waals surface area contributed by atoms with Gasteiger partial charge < -0.3 is 4.90 Å². The molecule has 2 fully saturated rings. The molecule has 0 N–H and O–H groups in total. The molecule has 0 radical (unpaired) electrons. The van der Waals surface area contributed by atoms with Crippen LogP contribution in [0.2, 0.25) is 0 Å². The van der Waals surface area contributed by atoms with Gasteiger partial charge in [0.05, 0.1) is 12.1 Å². The van der Waals surface area contributed by atoms with Gasteiger partial charge in [0.1, 0.15) is 6.04 Å². The van der Waals surface area contributed by atoms with Crippen LogP contribution in [-0.2, 0) is 20.8 Å². The van der Waals surface area contributed by atoms with Crippen molar-refractivity contribution >= 4 is 46.0 Å². The number of halogens is 1. The van der Waals surface area contributed by atoms with Crippen LogP contribution in [0.15, 0.2) is 54.6 Å². The Kier molecular flexibility index (Phi) is 7.05. The van der Waals surface area contributed by atoms with Gasteiger partial charge in [-0.05, 0) is 71.7 Å². The predicted octanol–water partition coefficient (Wildman–Crippen LogP) is 4.57. The molecule has 2 aromatic rings. The van der Waals surface area contributed by atoms with E-state index in [-0.39, 0.29) is 30.1 Å². The van der Waals surface area contributed by atoms with E-state index in [4.69, 9.17) is 0 Å². The van der Waals surface area contributed by atoms with E-state index in [1.807, 2.05) is 42.5 Å². The third-order valence-electron chi connectivity index (χ3n) is 6.31. The third-order valence-corrected chi connectivity index (χ3v) is 7.02. The van der Waals surface area contributed by atoms with Gasteiger partial charge in [0.2, 0.25) is 11.8 Å². The fourth-order valence-electron chi connectivity index (χ4n) is 4.62. The summed E-state index contributed by atoms with van der Waals surface area (Å²) in [5.74, 6) is -0.535. The summed E-state index contributed by atoms with van der Waals surface area (Å²) in [6.45, 7) is 0.448. The van der Waals surface area contributed by atoms with Crippen LogP contribution < -0.4 is 4.90 Å². The first-order valence-corrected chi connectivity index (χ1v) is 12.1. The quantitative estimate of drug-likeness (QED) is 0.406.